The fourth-order valence-corrected chi connectivity index (χ4v) is 8.10. The van der Waals surface area contributed by atoms with Crippen molar-refractivity contribution in [2.24, 2.45) is 52.3 Å². The second-order valence-corrected chi connectivity index (χ2v) is 12.3. The number of aliphatic hydroxyl groups is 1. The van der Waals surface area contributed by atoms with Gasteiger partial charge in [0.15, 0.2) is 0 Å². The summed E-state index contributed by atoms with van der Waals surface area (Å²) in [4.78, 5) is 0. The molecule has 0 amide bonds. The molecule has 0 heterocycles. The number of rotatable bonds is 4. The van der Waals surface area contributed by atoms with Gasteiger partial charge in [0.25, 0.3) is 0 Å². The van der Waals surface area contributed by atoms with Crippen LogP contribution in [-0.4, -0.2) is 11.2 Å². The molecule has 0 aliphatic heterocycles. The highest BCUT2D eigenvalue weighted by Crippen LogP contribution is 2.66. The summed E-state index contributed by atoms with van der Waals surface area (Å²) < 4.78 is 0. The maximum Gasteiger partial charge on any atom is 0.0543 e. The van der Waals surface area contributed by atoms with E-state index in [2.05, 4.69) is 59.8 Å². The molecule has 4 aliphatic rings. The molecule has 0 radical (unpaired) electrons. The highest BCUT2D eigenvalue weighted by atomic mass is 16.3. The zero-order valence-corrected chi connectivity index (χ0v) is 20.0. The first kappa shape index (κ1) is 21.7. The van der Waals surface area contributed by atoms with E-state index in [0.29, 0.717) is 28.6 Å². The molecule has 0 bridgehead atoms. The van der Waals surface area contributed by atoms with Gasteiger partial charge in [0.05, 0.1) is 6.10 Å². The van der Waals surface area contributed by atoms with Gasteiger partial charge in [-0.2, -0.15) is 0 Å². The third-order valence-corrected chi connectivity index (χ3v) is 10.5. The molecule has 164 valence electrons. The fraction of sp³-hybridized carbons (Fsp3) is 0.857. The topological polar surface area (TPSA) is 20.2 Å². The largest absolute Gasteiger partial charge is 0.393 e. The average molecular weight is 399 g/mol. The zero-order chi connectivity index (χ0) is 21.0. The Balaban J connectivity index is 1.54. The average Bonchev–Trinajstić information content (AvgIpc) is 3.03. The second kappa shape index (κ2) is 7.85. The molecule has 1 unspecified atom stereocenters. The quantitative estimate of drug-likeness (QED) is 0.489. The van der Waals surface area contributed by atoms with Crippen LogP contribution in [-0.2, 0) is 0 Å². The lowest BCUT2D eigenvalue weighted by Crippen LogP contribution is -2.49. The SMILES string of the molecule is CC(C)[C@@H](C)C=C[C@@H](C)[C@H]1CC[C@H]2C3=CC[C@@H]4CC(O)CC[C@]4(C)[C@H]3CC[C@]12C. The molecule has 0 aromatic rings. The minimum atomic E-state index is -0.0476. The van der Waals surface area contributed by atoms with Gasteiger partial charge >= 0.3 is 0 Å². The summed E-state index contributed by atoms with van der Waals surface area (Å²) in [6.45, 7) is 14.7. The summed E-state index contributed by atoms with van der Waals surface area (Å²) in [5, 5.41) is 10.2. The van der Waals surface area contributed by atoms with Crippen molar-refractivity contribution in [3.63, 3.8) is 0 Å². The third kappa shape index (κ3) is 3.58. The van der Waals surface area contributed by atoms with E-state index in [0.717, 1.165) is 36.5 Å². The van der Waals surface area contributed by atoms with Crippen molar-refractivity contribution in [3.8, 4) is 0 Å². The summed E-state index contributed by atoms with van der Waals surface area (Å²) >= 11 is 0. The number of allylic oxidation sites excluding steroid dienone is 4. The molecular weight excluding hydrogens is 352 g/mol. The molecule has 0 aromatic carbocycles. The van der Waals surface area contributed by atoms with Crippen LogP contribution in [0.3, 0.4) is 0 Å². The van der Waals surface area contributed by atoms with E-state index < -0.39 is 0 Å². The van der Waals surface area contributed by atoms with Crippen LogP contribution in [0.4, 0.5) is 0 Å². The van der Waals surface area contributed by atoms with Crippen molar-refractivity contribution in [3.05, 3.63) is 23.8 Å². The van der Waals surface area contributed by atoms with Gasteiger partial charge in [-0.05, 0) is 104 Å². The first-order chi connectivity index (χ1) is 13.7. The van der Waals surface area contributed by atoms with Crippen LogP contribution in [0.5, 0.6) is 0 Å². The highest BCUT2D eigenvalue weighted by molar-refractivity contribution is 5.28. The fourth-order valence-electron chi connectivity index (χ4n) is 8.10. The molecule has 4 rings (SSSR count). The third-order valence-electron chi connectivity index (χ3n) is 10.5. The van der Waals surface area contributed by atoms with E-state index >= 15 is 0 Å². The van der Waals surface area contributed by atoms with Gasteiger partial charge in [-0.15, -0.1) is 0 Å². The van der Waals surface area contributed by atoms with Crippen LogP contribution in [0.15, 0.2) is 23.8 Å². The van der Waals surface area contributed by atoms with Crippen LogP contribution in [0.1, 0.15) is 92.9 Å². The van der Waals surface area contributed by atoms with Crippen molar-refractivity contribution in [1.29, 1.82) is 0 Å². The van der Waals surface area contributed by atoms with E-state index in [1.807, 2.05) is 5.57 Å². The lowest BCUT2D eigenvalue weighted by Gasteiger charge is -2.57. The van der Waals surface area contributed by atoms with Crippen molar-refractivity contribution >= 4 is 0 Å². The van der Waals surface area contributed by atoms with Gasteiger partial charge in [0.1, 0.15) is 0 Å². The standard InChI is InChI=1S/C28H46O/c1-18(2)19(3)7-8-20(4)24-11-12-25-23-10-9-21-17-22(29)13-15-27(21,5)26(23)14-16-28(24,25)6/h7-8,10,18-22,24-26,29H,9,11-17H2,1-6H3/t19-,20+,21+,22?,24+,25-,26-,27-,28+/m0/s1. The molecule has 0 aromatic heterocycles. The Hall–Kier alpha value is -0.560. The normalized spacial score (nSPS) is 46.8. The first-order valence-corrected chi connectivity index (χ1v) is 12.7. The Morgan fingerprint density at radius 3 is 2.34 bits per heavy atom. The van der Waals surface area contributed by atoms with Crippen molar-refractivity contribution in [2.75, 3.05) is 0 Å². The molecule has 4 aliphatic carbocycles. The Labute approximate surface area is 180 Å². The van der Waals surface area contributed by atoms with Crippen molar-refractivity contribution in [1.82, 2.24) is 0 Å². The maximum atomic E-state index is 10.2. The molecular formula is C28H46O. The first-order valence-electron chi connectivity index (χ1n) is 12.7. The molecule has 0 spiro atoms. The zero-order valence-electron chi connectivity index (χ0n) is 20.0. The highest BCUT2D eigenvalue weighted by Gasteiger charge is 2.57. The van der Waals surface area contributed by atoms with Crippen molar-refractivity contribution in [2.45, 2.75) is 99.0 Å². The van der Waals surface area contributed by atoms with E-state index in [4.69, 9.17) is 0 Å². The number of hydrogen-bond donors (Lipinski definition) is 1. The minimum absolute atomic E-state index is 0.0476. The van der Waals surface area contributed by atoms with Crippen LogP contribution >= 0.6 is 0 Å². The second-order valence-electron chi connectivity index (χ2n) is 12.3. The summed E-state index contributed by atoms with van der Waals surface area (Å²) in [5.41, 5.74) is 2.79. The summed E-state index contributed by atoms with van der Waals surface area (Å²) in [5.74, 6) is 5.25. The van der Waals surface area contributed by atoms with E-state index in [1.165, 1.54) is 38.5 Å². The molecule has 0 saturated heterocycles. The van der Waals surface area contributed by atoms with Crippen molar-refractivity contribution < 1.29 is 5.11 Å². The molecule has 9 atom stereocenters. The molecule has 1 N–H and O–H groups in total. The lowest BCUT2D eigenvalue weighted by molar-refractivity contribution is -0.0414. The Bertz CT molecular complexity index is 659. The van der Waals surface area contributed by atoms with Crippen LogP contribution in [0, 0.1) is 52.3 Å². The molecule has 3 saturated carbocycles. The smallest absolute Gasteiger partial charge is 0.0543 e. The molecule has 1 heteroatoms. The molecule has 29 heavy (non-hydrogen) atoms. The molecule has 1 nitrogen and oxygen atoms in total. The monoisotopic (exact) mass is 398 g/mol. The van der Waals surface area contributed by atoms with Crippen LogP contribution < -0.4 is 0 Å². The van der Waals surface area contributed by atoms with E-state index in [-0.39, 0.29) is 6.10 Å². The minimum Gasteiger partial charge on any atom is -0.393 e. The number of aliphatic hydroxyl groups excluding tert-OH is 1. The maximum absolute atomic E-state index is 10.2. The van der Waals surface area contributed by atoms with E-state index in [1.54, 1.807) is 0 Å². The van der Waals surface area contributed by atoms with Gasteiger partial charge in [0, 0.05) is 0 Å². The predicted molar refractivity (Wildman–Crippen MR) is 124 cm³/mol. The van der Waals surface area contributed by atoms with Crippen LogP contribution in [0.25, 0.3) is 0 Å². The summed E-state index contributed by atoms with van der Waals surface area (Å²) in [6.07, 6.45) is 17.8. The summed E-state index contributed by atoms with van der Waals surface area (Å²) in [6, 6.07) is 0. The lowest BCUT2D eigenvalue weighted by atomic mass is 9.47. The van der Waals surface area contributed by atoms with Gasteiger partial charge in [0.2, 0.25) is 0 Å². The Morgan fingerprint density at radius 1 is 0.931 bits per heavy atom. The molecule has 3 fully saturated rings. The van der Waals surface area contributed by atoms with Gasteiger partial charge < -0.3 is 5.11 Å². The Kier molecular flexibility index (Phi) is 5.86. The number of fused-ring (bicyclic) bond motifs is 5. The van der Waals surface area contributed by atoms with Crippen LogP contribution in [0.2, 0.25) is 0 Å². The number of hydrogen-bond acceptors (Lipinski definition) is 1. The predicted octanol–water partition coefficient (Wildman–Crippen LogP) is 7.41. The van der Waals surface area contributed by atoms with Gasteiger partial charge in [-0.3, -0.25) is 0 Å². The van der Waals surface area contributed by atoms with Gasteiger partial charge in [-0.1, -0.05) is 65.3 Å². The Morgan fingerprint density at radius 2 is 1.62 bits per heavy atom. The summed E-state index contributed by atoms with van der Waals surface area (Å²) in [7, 11) is 0. The van der Waals surface area contributed by atoms with E-state index in [9.17, 15) is 5.11 Å². The van der Waals surface area contributed by atoms with Gasteiger partial charge in [-0.25, -0.2) is 0 Å².